The van der Waals surface area contributed by atoms with E-state index in [1.54, 1.807) is 0 Å². The smallest absolute Gasteiger partial charge is 0.164 e. The molecule has 0 spiro atoms. The summed E-state index contributed by atoms with van der Waals surface area (Å²) in [6.07, 6.45) is 0. The van der Waals surface area contributed by atoms with Crippen LogP contribution in [0.25, 0.3) is 110 Å². The summed E-state index contributed by atoms with van der Waals surface area (Å²) in [7, 11) is 0. The van der Waals surface area contributed by atoms with Crippen molar-refractivity contribution in [1.82, 2.24) is 15.0 Å². The van der Waals surface area contributed by atoms with Gasteiger partial charge in [0, 0.05) is 47.6 Å². The molecule has 0 bridgehead atoms. The molecule has 0 N–H and O–H groups in total. The van der Waals surface area contributed by atoms with E-state index in [0.29, 0.717) is 17.5 Å². The zero-order valence-corrected chi connectivity index (χ0v) is 30.9. The van der Waals surface area contributed by atoms with Crippen molar-refractivity contribution in [2.45, 2.75) is 0 Å². The summed E-state index contributed by atoms with van der Waals surface area (Å²) in [6, 6.07) is 65.7. The van der Waals surface area contributed by atoms with Gasteiger partial charge in [-0.05, 0) is 75.8 Å². The Morgan fingerprint density at radius 2 is 0.946 bits per heavy atom. The molecular formula is C51H31N3OS. The Kier molecular flexibility index (Phi) is 7.64. The van der Waals surface area contributed by atoms with Gasteiger partial charge in [0.15, 0.2) is 17.5 Å². The number of nitrogens with zero attached hydrogens (tertiary/aromatic N) is 3. The molecule has 11 aromatic rings. The third-order valence-electron chi connectivity index (χ3n) is 10.5. The summed E-state index contributed by atoms with van der Waals surface area (Å²) >= 11 is 1.84. The van der Waals surface area contributed by atoms with Crippen molar-refractivity contribution in [2.75, 3.05) is 0 Å². The molecule has 0 saturated carbocycles. The Morgan fingerprint density at radius 1 is 0.321 bits per heavy atom. The van der Waals surface area contributed by atoms with E-state index >= 15 is 0 Å². The number of hydrogen-bond donors (Lipinski definition) is 0. The van der Waals surface area contributed by atoms with Gasteiger partial charge < -0.3 is 4.42 Å². The maximum Gasteiger partial charge on any atom is 0.164 e. The van der Waals surface area contributed by atoms with E-state index in [1.807, 2.05) is 59.9 Å². The quantitative estimate of drug-likeness (QED) is 0.171. The fraction of sp³-hybridized carbons (Fsp3) is 0. The summed E-state index contributed by atoms with van der Waals surface area (Å²) < 4.78 is 9.11. The first kappa shape index (κ1) is 32.2. The van der Waals surface area contributed by atoms with Gasteiger partial charge in [-0.25, -0.2) is 15.0 Å². The number of rotatable bonds is 6. The van der Waals surface area contributed by atoms with Gasteiger partial charge in [0.2, 0.25) is 0 Å². The summed E-state index contributed by atoms with van der Waals surface area (Å²) in [5, 5.41) is 4.52. The molecule has 3 heterocycles. The first-order chi connectivity index (χ1) is 27.7. The zero-order valence-electron chi connectivity index (χ0n) is 30.1. The lowest BCUT2D eigenvalue weighted by Gasteiger charge is -2.11. The number of hydrogen-bond acceptors (Lipinski definition) is 5. The van der Waals surface area contributed by atoms with E-state index in [2.05, 4.69) is 140 Å². The standard InChI is InChI=1S/C51H31N3OS/c1-4-14-32(15-5-1)35-20-12-21-37(28-35)50-52-49(34-18-8-3-9-19-34)53-51(54-50)40-23-13-24-44-47(40)42-29-36(26-27-43(42)55-44)41-30-38(33-16-6-2-7-17-33)31-46-48(41)39-22-10-11-25-45(39)56-46/h1-31H. The summed E-state index contributed by atoms with van der Waals surface area (Å²) in [5.41, 5.74) is 11.3. The lowest BCUT2D eigenvalue weighted by atomic mass is 9.93. The number of aromatic nitrogens is 3. The van der Waals surface area contributed by atoms with Crippen LogP contribution >= 0.6 is 11.3 Å². The molecule has 0 atom stereocenters. The Labute approximate surface area is 327 Å². The van der Waals surface area contributed by atoms with Crippen LogP contribution in [0.3, 0.4) is 0 Å². The van der Waals surface area contributed by atoms with Crippen LogP contribution in [0.2, 0.25) is 0 Å². The highest BCUT2D eigenvalue weighted by molar-refractivity contribution is 7.26. The van der Waals surface area contributed by atoms with Gasteiger partial charge in [-0.1, -0.05) is 146 Å². The number of fused-ring (bicyclic) bond motifs is 6. The van der Waals surface area contributed by atoms with Gasteiger partial charge >= 0.3 is 0 Å². The molecule has 11 rings (SSSR count). The van der Waals surface area contributed by atoms with E-state index in [9.17, 15) is 0 Å². The normalized spacial score (nSPS) is 11.6. The highest BCUT2D eigenvalue weighted by Crippen LogP contribution is 2.45. The SMILES string of the molecule is c1ccc(-c2cccc(-c3nc(-c4ccccc4)nc(-c4cccc5oc6ccc(-c7cc(-c8ccccc8)cc8sc9ccccc9c78)cc6c45)n3)c2)cc1. The second kappa shape index (κ2) is 13.3. The van der Waals surface area contributed by atoms with Crippen LogP contribution in [0.5, 0.6) is 0 Å². The minimum Gasteiger partial charge on any atom is -0.456 e. The fourth-order valence-electron chi connectivity index (χ4n) is 7.87. The van der Waals surface area contributed by atoms with Crippen molar-refractivity contribution < 1.29 is 4.42 Å². The highest BCUT2D eigenvalue weighted by Gasteiger charge is 2.20. The minimum atomic E-state index is 0.593. The Morgan fingerprint density at radius 3 is 1.73 bits per heavy atom. The highest BCUT2D eigenvalue weighted by atomic mass is 32.1. The van der Waals surface area contributed by atoms with E-state index in [0.717, 1.165) is 55.3 Å². The van der Waals surface area contributed by atoms with Crippen LogP contribution in [0.15, 0.2) is 192 Å². The Hall–Kier alpha value is -7.21. The molecule has 4 nitrogen and oxygen atoms in total. The molecule has 0 aliphatic heterocycles. The number of furan rings is 1. The van der Waals surface area contributed by atoms with Crippen molar-refractivity contribution in [3.8, 4) is 67.5 Å². The predicted molar refractivity (Wildman–Crippen MR) is 233 cm³/mol. The van der Waals surface area contributed by atoms with Gasteiger partial charge in [0.05, 0.1) is 0 Å². The van der Waals surface area contributed by atoms with E-state index in [4.69, 9.17) is 19.4 Å². The Balaban J connectivity index is 1.13. The van der Waals surface area contributed by atoms with Gasteiger partial charge in [-0.15, -0.1) is 11.3 Å². The van der Waals surface area contributed by atoms with Crippen molar-refractivity contribution >= 4 is 53.4 Å². The van der Waals surface area contributed by atoms with Gasteiger partial charge in [-0.2, -0.15) is 0 Å². The molecule has 0 unspecified atom stereocenters. The molecule has 0 aliphatic rings. The molecule has 0 fully saturated rings. The molecule has 262 valence electrons. The van der Waals surface area contributed by atoms with Gasteiger partial charge in [-0.3, -0.25) is 0 Å². The van der Waals surface area contributed by atoms with Crippen LogP contribution in [0, 0.1) is 0 Å². The molecule has 8 aromatic carbocycles. The topological polar surface area (TPSA) is 51.8 Å². The van der Waals surface area contributed by atoms with Crippen molar-refractivity contribution in [3.05, 3.63) is 188 Å². The maximum absolute atomic E-state index is 6.57. The lowest BCUT2D eigenvalue weighted by Crippen LogP contribution is -2.00. The lowest BCUT2D eigenvalue weighted by molar-refractivity contribution is 0.669. The van der Waals surface area contributed by atoms with E-state index in [1.165, 1.54) is 36.9 Å². The molecule has 3 aromatic heterocycles. The Bertz CT molecular complexity index is 3240. The van der Waals surface area contributed by atoms with Crippen LogP contribution in [-0.2, 0) is 0 Å². The first-order valence-corrected chi connectivity index (χ1v) is 19.5. The molecule has 0 radical (unpaired) electrons. The molecule has 5 heteroatoms. The third kappa shape index (κ3) is 5.56. The maximum atomic E-state index is 6.57. The zero-order chi connectivity index (χ0) is 37.0. The monoisotopic (exact) mass is 733 g/mol. The summed E-state index contributed by atoms with van der Waals surface area (Å²) in [5.74, 6) is 1.82. The van der Waals surface area contributed by atoms with Crippen molar-refractivity contribution in [1.29, 1.82) is 0 Å². The van der Waals surface area contributed by atoms with E-state index in [-0.39, 0.29) is 0 Å². The number of thiophene rings is 1. The second-order valence-electron chi connectivity index (χ2n) is 14.0. The molecule has 56 heavy (non-hydrogen) atoms. The molecule has 0 aliphatic carbocycles. The average Bonchev–Trinajstić information content (AvgIpc) is 3.85. The summed E-state index contributed by atoms with van der Waals surface area (Å²) in [4.78, 5) is 15.4. The molecular weight excluding hydrogens is 703 g/mol. The van der Waals surface area contributed by atoms with Gasteiger partial charge in [0.25, 0.3) is 0 Å². The van der Waals surface area contributed by atoms with Crippen LogP contribution < -0.4 is 0 Å². The minimum absolute atomic E-state index is 0.593. The largest absolute Gasteiger partial charge is 0.456 e. The second-order valence-corrected chi connectivity index (χ2v) is 15.1. The predicted octanol–water partition coefficient (Wildman–Crippen LogP) is 14.1. The van der Waals surface area contributed by atoms with Gasteiger partial charge in [0.1, 0.15) is 11.2 Å². The van der Waals surface area contributed by atoms with E-state index < -0.39 is 0 Å². The van der Waals surface area contributed by atoms with Crippen molar-refractivity contribution in [3.63, 3.8) is 0 Å². The van der Waals surface area contributed by atoms with Crippen LogP contribution in [0.4, 0.5) is 0 Å². The fourth-order valence-corrected chi connectivity index (χ4v) is 9.04. The summed E-state index contributed by atoms with van der Waals surface area (Å²) in [6.45, 7) is 0. The molecule has 0 amide bonds. The van der Waals surface area contributed by atoms with Crippen molar-refractivity contribution in [2.24, 2.45) is 0 Å². The van der Waals surface area contributed by atoms with Crippen LogP contribution in [0.1, 0.15) is 0 Å². The number of benzene rings is 8. The third-order valence-corrected chi connectivity index (χ3v) is 11.6. The average molecular weight is 734 g/mol. The molecule has 0 saturated heterocycles. The first-order valence-electron chi connectivity index (χ1n) is 18.7. The van der Waals surface area contributed by atoms with Crippen LogP contribution in [-0.4, -0.2) is 15.0 Å².